The Morgan fingerprint density at radius 3 is 2.62 bits per heavy atom. The number of carbonyl (C=O) groups excluding carboxylic acids is 1. The number of nitrogens with zero attached hydrogens (tertiary/aromatic N) is 1. The largest absolute Gasteiger partial charge is 0.337 e. The van der Waals surface area contributed by atoms with E-state index in [0.717, 1.165) is 5.56 Å². The minimum atomic E-state index is -0.000154. The van der Waals surface area contributed by atoms with Gasteiger partial charge in [-0.05, 0) is 28.5 Å². The molecule has 3 rings (SSSR count). The molecule has 0 saturated carbocycles. The average molecular weight is 316 g/mol. The number of hydrogen-bond acceptors (Lipinski definition) is 2. The summed E-state index contributed by atoms with van der Waals surface area (Å²) in [6.07, 6.45) is 0. The van der Waals surface area contributed by atoms with Gasteiger partial charge in [-0.3, -0.25) is 4.79 Å². The third kappa shape index (κ3) is 2.94. The molecule has 106 valence electrons. The molecular formula is C17H14ClNOS. The number of carbonyl (C=O) groups is 1. The fourth-order valence-corrected chi connectivity index (χ4v) is 3.41. The second-order valence-electron chi connectivity index (χ2n) is 4.90. The lowest BCUT2D eigenvalue weighted by atomic mass is 10.0. The molecule has 0 aliphatic carbocycles. The van der Waals surface area contributed by atoms with Crippen LogP contribution in [0.25, 0.3) is 10.8 Å². The van der Waals surface area contributed by atoms with E-state index in [9.17, 15) is 4.79 Å². The van der Waals surface area contributed by atoms with Crippen LogP contribution < -0.4 is 0 Å². The Hall–Kier alpha value is -1.84. The van der Waals surface area contributed by atoms with Gasteiger partial charge in [0, 0.05) is 13.6 Å². The van der Waals surface area contributed by atoms with Crippen LogP contribution in [0.3, 0.4) is 0 Å². The molecule has 21 heavy (non-hydrogen) atoms. The highest BCUT2D eigenvalue weighted by molar-refractivity contribution is 7.17. The molecule has 0 atom stereocenters. The van der Waals surface area contributed by atoms with Crippen LogP contribution in [0.1, 0.15) is 15.2 Å². The Morgan fingerprint density at radius 1 is 1.10 bits per heavy atom. The molecule has 0 saturated heterocycles. The first-order valence-electron chi connectivity index (χ1n) is 6.62. The Balaban J connectivity index is 1.86. The van der Waals surface area contributed by atoms with Crippen molar-refractivity contribution < 1.29 is 4.79 Å². The van der Waals surface area contributed by atoms with Crippen molar-refractivity contribution in [2.45, 2.75) is 6.54 Å². The second-order valence-corrected chi connectivity index (χ2v) is 6.62. The summed E-state index contributed by atoms with van der Waals surface area (Å²) < 4.78 is 0.636. The maximum absolute atomic E-state index is 12.4. The van der Waals surface area contributed by atoms with Crippen molar-refractivity contribution >= 4 is 39.6 Å². The summed E-state index contributed by atoms with van der Waals surface area (Å²) in [4.78, 5) is 14.8. The molecule has 0 unspecified atom stereocenters. The molecule has 0 fully saturated rings. The average Bonchev–Trinajstić information content (AvgIpc) is 2.93. The molecule has 1 heterocycles. The molecule has 0 aliphatic heterocycles. The predicted octanol–water partition coefficient (Wildman–Crippen LogP) is 4.83. The van der Waals surface area contributed by atoms with Gasteiger partial charge in [0.1, 0.15) is 0 Å². The SMILES string of the molecule is CN(Cc1cccc2ccccc12)C(=O)c1ccc(Cl)s1. The summed E-state index contributed by atoms with van der Waals surface area (Å²) in [6, 6.07) is 17.9. The first kappa shape index (κ1) is 14.1. The molecule has 0 radical (unpaired) electrons. The lowest BCUT2D eigenvalue weighted by Gasteiger charge is -2.17. The zero-order valence-electron chi connectivity index (χ0n) is 11.5. The van der Waals surface area contributed by atoms with Crippen molar-refractivity contribution in [2.75, 3.05) is 7.05 Å². The smallest absolute Gasteiger partial charge is 0.264 e. The predicted molar refractivity (Wildman–Crippen MR) is 89.1 cm³/mol. The Morgan fingerprint density at radius 2 is 1.86 bits per heavy atom. The zero-order chi connectivity index (χ0) is 14.8. The molecule has 0 N–H and O–H groups in total. The highest BCUT2D eigenvalue weighted by Gasteiger charge is 2.15. The van der Waals surface area contributed by atoms with E-state index in [1.165, 1.54) is 22.1 Å². The van der Waals surface area contributed by atoms with Gasteiger partial charge < -0.3 is 4.90 Å². The number of hydrogen-bond donors (Lipinski definition) is 0. The fraction of sp³-hybridized carbons (Fsp3) is 0.118. The molecule has 4 heteroatoms. The molecular weight excluding hydrogens is 302 g/mol. The van der Waals surface area contributed by atoms with Gasteiger partial charge in [0.15, 0.2) is 0 Å². The van der Waals surface area contributed by atoms with E-state index < -0.39 is 0 Å². The normalized spacial score (nSPS) is 10.8. The van der Waals surface area contributed by atoms with Gasteiger partial charge >= 0.3 is 0 Å². The minimum Gasteiger partial charge on any atom is -0.337 e. The summed E-state index contributed by atoms with van der Waals surface area (Å²) in [5, 5.41) is 2.37. The monoisotopic (exact) mass is 315 g/mol. The molecule has 0 aliphatic rings. The number of amides is 1. The topological polar surface area (TPSA) is 20.3 Å². The number of thiophene rings is 1. The summed E-state index contributed by atoms with van der Waals surface area (Å²) in [7, 11) is 1.82. The Bertz CT molecular complexity index is 791. The van der Waals surface area contributed by atoms with Crippen molar-refractivity contribution in [3.63, 3.8) is 0 Å². The summed E-state index contributed by atoms with van der Waals surface area (Å²) in [6.45, 7) is 0.579. The second kappa shape index (κ2) is 5.88. The zero-order valence-corrected chi connectivity index (χ0v) is 13.1. The van der Waals surface area contributed by atoms with Gasteiger partial charge in [-0.15, -0.1) is 11.3 Å². The standard InChI is InChI=1S/C17H14ClNOS/c1-19(17(20)15-9-10-16(18)21-15)11-13-7-4-6-12-5-2-3-8-14(12)13/h2-10H,11H2,1H3. The summed E-state index contributed by atoms with van der Waals surface area (Å²) >= 11 is 7.21. The van der Waals surface area contributed by atoms with E-state index in [0.29, 0.717) is 15.8 Å². The lowest BCUT2D eigenvalue weighted by Crippen LogP contribution is -2.25. The van der Waals surface area contributed by atoms with Crippen molar-refractivity contribution in [1.82, 2.24) is 4.90 Å². The van der Waals surface area contributed by atoms with Crippen LogP contribution in [-0.4, -0.2) is 17.9 Å². The molecule has 2 nitrogen and oxygen atoms in total. The van der Waals surface area contributed by atoms with Gasteiger partial charge in [-0.1, -0.05) is 54.1 Å². The van der Waals surface area contributed by atoms with E-state index in [-0.39, 0.29) is 5.91 Å². The van der Waals surface area contributed by atoms with E-state index in [1.54, 1.807) is 17.0 Å². The van der Waals surface area contributed by atoms with Crippen LogP contribution in [-0.2, 0) is 6.54 Å². The van der Waals surface area contributed by atoms with Crippen LogP contribution in [0.2, 0.25) is 4.34 Å². The van der Waals surface area contributed by atoms with Crippen LogP contribution in [0.4, 0.5) is 0 Å². The fourth-order valence-electron chi connectivity index (χ4n) is 2.38. The third-order valence-electron chi connectivity index (χ3n) is 3.42. The van der Waals surface area contributed by atoms with Gasteiger partial charge in [-0.2, -0.15) is 0 Å². The number of fused-ring (bicyclic) bond motifs is 1. The first-order valence-corrected chi connectivity index (χ1v) is 7.82. The first-order chi connectivity index (χ1) is 10.1. The lowest BCUT2D eigenvalue weighted by molar-refractivity contribution is 0.0790. The summed E-state index contributed by atoms with van der Waals surface area (Å²) in [5.41, 5.74) is 1.15. The summed E-state index contributed by atoms with van der Waals surface area (Å²) in [5.74, 6) is -0.000154. The third-order valence-corrected chi connectivity index (χ3v) is 4.64. The minimum absolute atomic E-state index is 0.000154. The van der Waals surface area contributed by atoms with Gasteiger partial charge in [-0.25, -0.2) is 0 Å². The number of halogens is 1. The molecule has 0 spiro atoms. The Labute approximate surface area is 132 Å². The van der Waals surface area contributed by atoms with Crippen LogP contribution in [0, 0.1) is 0 Å². The maximum Gasteiger partial charge on any atom is 0.264 e. The number of benzene rings is 2. The van der Waals surface area contributed by atoms with Crippen LogP contribution in [0.15, 0.2) is 54.6 Å². The highest BCUT2D eigenvalue weighted by atomic mass is 35.5. The van der Waals surface area contributed by atoms with Gasteiger partial charge in [0.2, 0.25) is 0 Å². The Kier molecular flexibility index (Phi) is 3.95. The van der Waals surface area contributed by atoms with Crippen LogP contribution >= 0.6 is 22.9 Å². The number of rotatable bonds is 3. The molecule has 1 amide bonds. The molecule has 1 aromatic heterocycles. The van der Waals surface area contributed by atoms with Crippen molar-refractivity contribution in [2.24, 2.45) is 0 Å². The van der Waals surface area contributed by atoms with Crippen molar-refractivity contribution in [3.8, 4) is 0 Å². The van der Waals surface area contributed by atoms with E-state index in [2.05, 4.69) is 24.3 Å². The molecule has 0 bridgehead atoms. The van der Waals surface area contributed by atoms with Gasteiger partial charge in [0.05, 0.1) is 9.21 Å². The highest BCUT2D eigenvalue weighted by Crippen LogP contribution is 2.24. The van der Waals surface area contributed by atoms with Crippen LogP contribution in [0.5, 0.6) is 0 Å². The van der Waals surface area contributed by atoms with Crippen molar-refractivity contribution in [1.29, 1.82) is 0 Å². The molecule has 3 aromatic rings. The molecule has 2 aromatic carbocycles. The van der Waals surface area contributed by atoms with E-state index in [4.69, 9.17) is 11.6 Å². The van der Waals surface area contributed by atoms with Crippen molar-refractivity contribution in [3.05, 3.63) is 69.4 Å². The van der Waals surface area contributed by atoms with E-state index >= 15 is 0 Å². The van der Waals surface area contributed by atoms with Gasteiger partial charge in [0.25, 0.3) is 5.91 Å². The van der Waals surface area contributed by atoms with E-state index in [1.807, 2.05) is 25.2 Å². The quantitative estimate of drug-likeness (QED) is 0.678. The maximum atomic E-state index is 12.4.